The van der Waals surface area contributed by atoms with Crippen LogP contribution < -0.4 is 0 Å². The van der Waals surface area contributed by atoms with Gasteiger partial charge in [0.15, 0.2) is 5.82 Å². The van der Waals surface area contributed by atoms with Gasteiger partial charge in [0.2, 0.25) is 5.16 Å². The van der Waals surface area contributed by atoms with Crippen molar-refractivity contribution in [1.82, 2.24) is 14.9 Å². The molecule has 2 aromatic carbocycles. The van der Waals surface area contributed by atoms with Crippen molar-refractivity contribution in [2.75, 3.05) is 5.75 Å². The van der Waals surface area contributed by atoms with Gasteiger partial charge in [-0.05, 0) is 37.0 Å². The van der Waals surface area contributed by atoms with E-state index in [1.165, 1.54) is 22.3 Å². The minimum atomic E-state index is 0.371. The molecule has 1 aliphatic rings. The maximum Gasteiger partial charge on any atom is 0.212 e. The summed E-state index contributed by atoms with van der Waals surface area (Å²) in [6.45, 7) is 6.49. The monoisotopic (exact) mass is 362 g/mol. The van der Waals surface area contributed by atoms with Gasteiger partial charge in [0.05, 0.1) is 5.71 Å². The molecule has 0 bridgehead atoms. The summed E-state index contributed by atoms with van der Waals surface area (Å²) in [5.74, 6) is 2.12. The van der Waals surface area contributed by atoms with Gasteiger partial charge in [-0.3, -0.25) is 0 Å². The lowest BCUT2D eigenvalue weighted by Crippen LogP contribution is -2.16. The average molecular weight is 363 g/mol. The quantitative estimate of drug-likeness (QED) is 0.681. The molecule has 3 aromatic rings. The zero-order valence-electron chi connectivity index (χ0n) is 15.3. The summed E-state index contributed by atoms with van der Waals surface area (Å²) in [5, 5.41) is 14.6. The van der Waals surface area contributed by atoms with E-state index >= 15 is 0 Å². The van der Waals surface area contributed by atoms with E-state index in [0.717, 1.165) is 28.9 Å². The molecule has 1 aromatic heterocycles. The van der Waals surface area contributed by atoms with E-state index in [1.54, 1.807) is 11.8 Å². The van der Waals surface area contributed by atoms with Crippen molar-refractivity contribution in [2.45, 2.75) is 38.3 Å². The Morgan fingerprint density at radius 2 is 1.88 bits per heavy atom. The Kier molecular flexibility index (Phi) is 4.64. The summed E-state index contributed by atoms with van der Waals surface area (Å²) in [6, 6.07) is 17.1. The van der Waals surface area contributed by atoms with E-state index in [0.29, 0.717) is 5.92 Å². The van der Waals surface area contributed by atoms with E-state index in [4.69, 9.17) is 5.10 Å². The largest absolute Gasteiger partial charge is 0.212 e. The molecule has 0 unspecified atom stereocenters. The first-order valence-corrected chi connectivity index (χ1v) is 9.88. The summed E-state index contributed by atoms with van der Waals surface area (Å²) in [5.41, 5.74) is 6.14. The Bertz CT molecular complexity index is 959. The van der Waals surface area contributed by atoms with Gasteiger partial charge in [-0.1, -0.05) is 66.7 Å². The molecule has 132 valence electrons. The van der Waals surface area contributed by atoms with Gasteiger partial charge in [0.25, 0.3) is 0 Å². The van der Waals surface area contributed by atoms with Crippen molar-refractivity contribution in [3.05, 3.63) is 76.6 Å². The molecular weight excluding hydrogens is 340 g/mol. The number of nitrogens with zero attached hydrogens (tertiary/aromatic N) is 4. The maximum atomic E-state index is 4.91. The van der Waals surface area contributed by atoms with Crippen LogP contribution in [0.2, 0.25) is 0 Å². The second kappa shape index (κ2) is 7.08. The minimum Gasteiger partial charge on any atom is -0.191 e. The summed E-state index contributed by atoms with van der Waals surface area (Å²) in [6.07, 6.45) is 0.821. The molecule has 0 fully saturated rings. The molecule has 1 aliphatic heterocycles. The molecule has 4 rings (SSSR count). The molecule has 0 spiro atoms. The fourth-order valence-corrected chi connectivity index (χ4v) is 4.09. The predicted octanol–water partition coefficient (Wildman–Crippen LogP) is 4.60. The zero-order valence-corrected chi connectivity index (χ0v) is 16.1. The Labute approximate surface area is 158 Å². The Morgan fingerprint density at radius 3 is 2.69 bits per heavy atom. The van der Waals surface area contributed by atoms with Gasteiger partial charge >= 0.3 is 0 Å². The van der Waals surface area contributed by atoms with Crippen LogP contribution in [-0.4, -0.2) is 26.3 Å². The first-order chi connectivity index (χ1) is 12.6. The number of aryl methyl sites for hydroxylation is 2. The smallest absolute Gasteiger partial charge is 0.191 e. The highest BCUT2D eigenvalue weighted by molar-refractivity contribution is 7.99. The zero-order chi connectivity index (χ0) is 18.1. The van der Waals surface area contributed by atoms with Crippen LogP contribution in [0.3, 0.4) is 0 Å². The summed E-state index contributed by atoms with van der Waals surface area (Å²) in [4.78, 5) is 0. The molecular formula is C21H22N4S. The van der Waals surface area contributed by atoms with Crippen LogP contribution >= 0.6 is 11.8 Å². The van der Waals surface area contributed by atoms with Crippen molar-refractivity contribution >= 4 is 17.5 Å². The number of rotatable bonds is 4. The lowest BCUT2D eigenvalue weighted by atomic mass is 9.98. The normalized spacial score (nSPS) is 14.7. The van der Waals surface area contributed by atoms with Gasteiger partial charge in [0.1, 0.15) is 0 Å². The van der Waals surface area contributed by atoms with Crippen LogP contribution in [0.25, 0.3) is 0 Å². The molecule has 5 heteroatoms. The SMILES string of the molecule is Cc1ccc(C)c(C2=Nn3c(C[C@@H](C)c4ccccc4)nnc3SC2)c1. The van der Waals surface area contributed by atoms with Gasteiger partial charge in [-0.25, -0.2) is 0 Å². The molecule has 0 amide bonds. The van der Waals surface area contributed by atoms with Crippen LogP contribution in [0.1, 0.15) is 40.9 Å². The number of hydrogen-bond acceptors (Lipinski definition) is 4. The highest BCUT2D eigenvalue weighted by Gasteiger charge is 2.22. The lowest BCUT2D eigenvalue weighted by Gasteiger charge is -2.17. The van der Waals surface area contributed by atoms with Gasteiger partial charge in [-0.2, -0.15) is 9.78 Å². The lowest BCUT2D eigenvalue weighted by molar-refractivity contribution is 0.651. The van der Waals surface area contributed by atoms with E-state index in [-0.39, 0.29) is 0 Å². The molecule has 2 heterocycles. The number of fused-ring (bicyclic) bond motifs is 1. The van der Waals surface area contributed by atoms with Crippen molar-refractivity contribution in [1.29, 1.82) is 0 Å². The highest BCUT2D eigenvalue weighted by Crippen LogP contribution is 2.27. The fraction of sp³-hybridized carbons (Fsp3) is 0.286. The summed E-state index contributed by atoms with van der Waals surface area (Å²) < 4.78 is 1.94. The average Bonchev–Trinajstić information content (AvgIpc) is 3.06. The summed E-state index contributed by atoms with van der Waals surface area (Å²) >= 11 is 1.71. The number of hydrogen-bond donors (Lipinski definition) is 0. The van der Waals surface area contributed by atoms with E-state index < -0.39 is 0 Å². The maximum absolute atomic E-state index is 4.91. The first-order valence-electron chi connectivity index (χ1n) is 8.89. The van der Waals surface area contributed by atoms with Crippen LogP contribution in [0.4, 0.5) is 0 Å². The number of thioether (sulfide) groups is 1. The Hall–Kier alpha value is -2.40. The molecule has 0 saturated carbocycles. The van der Waals surface area contributed by atoms with Crippen LogP contribution in [0.5, 0.6) is 0 Å². The van der Waals surface area contributed by atoms with E-state index in [9.17, 15) is 0 Å². The molecule has 0 aliphatic carbocycles. The van der Waals surface area contributed by atoms with Crippen LogP contribution in [0.15, 0.2) is 58.8 Å². The fourth-order valence-electron chi connectivity index (χ4n) is 3.25. The van der Waals surface area contributed by atoms with E-state index in [1.807, 2.05) is 10.7 Å². The van der Waals surface area contributed by atoms with Crippen LogP contribution in [0, 0.1) is 13.8 Å². The molecule has 1 atom stereocenters. The molecule has 0 radical (unpaired) electrons. The second-order valence-electron chi connectivity index (χ2n) is 6.88. The minimum absolute atomic E-state index is 0.371. The third-order valence-electron chi connectivity index (χ3n) is 4.80. The van der Waals surface area contributed by atoms with Crippen molar-refractivity contribution < 1.29 is 0 Å². The van der Waals surface area contributed by atoms with Crippen LogP contribution in [-0.2, 0) is 6.42 Å². The number of benzene rings is 2. The highest BCUT2D eigenvalue weighted by atomic mass is 32.2. The Balaban J connectivity index is 1.66. The molecule has 0 N–H and O–H groups in total. The topological polar surface area (TPSA) is 43.1 Å². The standard InChI is InChI=1S/C21H22N4S/c1-14-9-10-15(2)18(11-14)19-13-26-21-23-22-20(25(21)24-19)12-16(3)17-7-5-4-6-8-17/h4-11,16H,12-13H2,1-3H3/t16-/m1/s1. The Morgan fingerprint density at radius 1 is 1.08 bits per heavy atom. The molecule has 26 heavy (non-hydrogen) atoms. The van der Waals surface area contributed by atoms with Crippen molar-refractivity contribution in [3.8, 4) is 0 Å². The van der Waals surface area contributed by atoms with Crippen molar-refractivity contribution in [2.24, 2.45) is 5.10 Å². The van der Waals surface area contributed by atoms with Gasteiger partial charge in [0, 0.05) is 17.7 Å². The van der Waals surface area contributed by atoms with Gasteiger partial charge in [-0.15, -0.1) is 10.2 Å². The van der Waals surface area contributed by atoms with E-state index in [2.05, 4.69) is 73.4 Å². The van der Waals surface area contributed by atoms with Gasteiger partial charge < -0.3 is 0 Å². The number of aromatic nitrogens is 3. The third kappa shape index (κ3) is 3.31. The first kappa shape index (κ1) is 17.0. The second-order valence-corrected chi connectivity index (χ2v) is 7.82. The van der Waals surface area contributed by atoms with Crippen molar-refractivity contribution in [3.63, 3.8) is 0 Å². The predicted molar refractivity (Wildman–Crippen MR) is 107 cm³/mol. The molecule has 4 nitrogen and oxygen atoms in total. The molecule has 0 saturated heterocycles. The summed E-state index contributed by atoms with van der Waals surface area (Å²) in [7, 11) is 0. The third-order valence-corrected chi connectivity index (χ3v) is 5.73.